The highest BCUT2D eigenvalue weighted by atomic mass is 32.2. The molecule has 10 heteroatoms. The predicted octanol–water partition coefficient (Wildman–Crippen LogP) is 4.77. The van der Waals surface area contributed by atoms with Crippen LogP contribution in [0.4, 0.5) is 5.00 Å². The number of rotatable bonds is 7. The molecule has 5 rings (SSSR count). The van der Waals surface area contributed by atoms with Crippen molar-refractivity contribution >= 4 is 34.0 Å². The topological polar surface area (TPSA) is 102 Å². The number of aromatic nitrogens is 3. The van der Waals surface area contributed by atoms with E-state index in [-0.39, 0.29) is 12.7 Å². The van der Waals surface area contributed by atoms with Gasteiger partial charge in [-0.05, 0) is 36.1 Å². The molecular formula is C24H19N5O3S2. The van der Waals surface area contributed by atoms with Crippen LogP contribution in [0.3, 0.4) is 0 Å². The number of carbonyl (C=O) groups excluding carboxylic acids is 1. The molecule has 0 aliphatic carbocycles. The molecule has 0 unspecified atom stereocenters. The smallest absolute Gasteiger partial charge is 0.238 e. The van der Waals surface area contributed by atoms with Crippen LogP contribution in [0.25, 0.3) is 11.4 Å². The lowest BCUT2D eigenvalue weighted by Crippen LogP contribution is -2.23. The maximum absolute atomic E-state index is 12.8. The van der Waals surface area contributed by atoms with Crippen molar-refractivity contribution in [2.75, 3.05) is 12.1 Å². The number of nitriles is 1. The second-order valence-corrected chi connectivity index (χ2v) is 9.69. The summed E-state index contributed by atoms with van der Waals surface area (Å²) < 4.78 is 12.9. The van der Waals surface area contributed by atoms with Gasteiger partial charge >= 0.3 is 0 Å². The molecule has 0 bridgehead atoms. The Labute approximate surface area is 204 Å². The molecule has 4 aromatic rings. The molecule has 3 heterocycles. The van der Waals surface area contributed by atoms with Crippen LogP contribution in [-0.2, 0) is 11.3 Å². The minimum Gasteiger partial charge on any atom is -0.454 e. The van der Waals surface area contributed by atoms with Crippen molar-refractivity contribution in [2.45, 2.75) is 23.9 Å². The molecule has 0 fully saturated rings. The molecule has 2 aromatic heterocycles. The van der Waals surface area contributed by atoms with Crippen molar-refractivity contribution in [3.8, 4) is 29.0 Å². The zero-order valence-electron chi connectivity index (χ0n) is 18.1. The Bertz CT molecular complexity index is 1380. The Balaban J connectivity index is 1.42. The van der Waals surface area contributed by atoms with Crippen molar-refractivity contribution in [1.82, 2.24) is 14.8 Å². The maximum atomic E-state index is 12.8. The largest absolute Gasteiger partial charge is 0.454 e. The van der Waals surface area contributed by atoms with Crippen molar-refractivity contribution < 1.29 is 14.3 Å². The molecule has 34 heavy (non-hydrogen) atoms. The van der Waals surface area contributed by atoms with E-state index in [1.165, 1.54) is 23.1 Å². The fraction of sp³-hybridized carbons (Fsp3) is 0.167. The first kappa shape index (κ1) is 22.0. The molecule has 1 aliphatic rings. The summed E-state index contributed by atoms with van der Waals surface area (Å²) in [6, 6.07) is 19.4. The van der Waals surface area contributed by atoms with Crippen LogP contribution in [0.5, 0.6) is 11.5 Å². The number of amides is 1. The van der Waals surface area contributed by atoms with E-state index in [1.807, 2.05) is 53.1 Å². The van der Waals surface area contributed by atoms with Gasteiger partial charge in [-0.1, -0.05) is 48.2 Å². The number of nitrogens with zero attached hydrogens (tertiary/aromatic N) is 4. The lowest BCUT2D eigenvalue weighted by atomic mass is 10.2. The number of carbonyl (C=O) groups is 1. The Morgan fingerprint density at radius 3 is 2.85 bits per heavy atom. The van der Waals surface area contributed by atoms with E-state index < -0.39 is 5.25 Å². The average Bonchev–Trinajstić information content (AvgIpc) is 3.60. The summed E-state index contributed by atoms with van der Waals surface area (Å²) >= 11 is 2.64. The minimum absolute atomic E-state index is 0.206. The first-order valence-corrected chi connectivity index (χ1v) is 12.2. The van der Waals surface area contributed by atoms with Crippen LogP contribution in [-0.4, -0.2) is 32.7 Å². The number of ether oxygens (including phenoxy) is 2. The third kappa shape index (κ3) is 4.48. The summed E-state index contributed by atoms with van der Waals surface area (Å²) in [4.78, 5) is 12.8. The van der Waals surface area contributed by atoms with Crippen molar-refractivity contribution in [3.05, 3.63) is 71.1 Å². The van der Waals surface area contributed by atoms with Crippen LogP contribution in [0.2, 0.25) is 0 Å². The Morgan fingerprint density at radius 1 is 1.21 bits per heavy atom. The van der Waals surface area contributed by atoms with Crippen molar-refractivity contribution in [2.24, 2.45) is 0 Å². The normalized spacial score (nSPS) is 12.8. The number of thioether (sulfide) groups is 1. The van der Waals surface area contributed by atoms with E-state index in [1.54, 1.807) is 18.4 Å². The second kappa shape index (κ2) is 9.59. The first-order valence-electron chi connectivity index (χ1n) is 10.4. The molecule has 1 N–H and O–H groups in total. The van der Waals surface area contributed by atoms with Gasteiger partial charge in [-0.3, -0.25) is 9.36 Å². The molecule has 1 amide bonds. The first-order chi connectivity index (χ1) is 16.6. The van der Waals surface area contributed by atoms with Gasteiger partial charge in [-0.25, -0.2) is 0 Å². The highest BCUT2D eigenvalue weighted by Crippen LogP contribution is 2.34. The SMILES string of the molecule is C[C@@H](Sc1nnc(-c2ccccc2)n1Cc1ccc2c(c1)OCO2)C(=O)Nc1sccc1C#N. The van der Waals surface area contributed by atoms with Gasteiger partial charge in [0.25, 0.3) is 0 Å². The minimum atomic E-state index is -0.461. The number of hydrogen-bond donors (Lipinski definition) is 1. The monoisotopic (exact) mass is 489 g/mol. The van der Waals surface area contributed by atoms with E-state index in [0.29, 0.717) is 33.8 Å². The summed E-state index contributed by atoms with van der Waals surface area (Å²) in [5.74, 6) is 1.93. The van der Waals surface area contributed by atoms with E-state index in [4.69, 9.17) is 9.47 Å². The van der Waals surface area contributed by atoms with Crippen LogP contribution in [0.15, 0.2) is 65.1 Å². The van der Waals surface area contributed by atoms with Crippen molar-refractivity contribution in [1.29, 1.82) is 5.26 Å². The molecular weight excluding hydrogens is 470 g/mol. The summed E-state index contributed by atoms with van der Waals surface area (Å²) in [5.41, 5.74) is 2.38. The fourth-order valence-electron chi connectivity index (χ4n) is 3.46. The third-order valence-electron chi connectivity index (χ3n) is 5.20. The zero-order valence-corrected chi connectivity index (χ0v) is 19.7. The predicted molar refractivity (Wildman–Crippen MR) is 130 cm³/mol. The van der Waals surface area contributed by atoms with Gasteiger partial charge < -0.3 is 14.8 Å². The molecule has 0 saturated heterocycles. The van der Waals surface area contributed by atoms with Crippen molar-refractivity contribution in [3.63, 3.8) is 0 Å². The van der Waals surface area contributed by atoms with E-state index in [2.05, 4.69) is 21.6 Å². The number of benzene rings is 2. The Kier molecular flexibility index (Phi) is 6.20. The lowest BCUT2D eigenvalue weighted by molar-refractivity contribution is -0.115. The van der Waals surface area contributed by atoms with E-state index in [9.17, 15) is 10.1 Å². The van der Waals surface area contributed by atoms with Crippen LogP contribution < -0.4 is 14.8 Å². The van der Waals surface area contributed by atoms with Gasteiger partial charge in [0, 0.05) is 5.56 Å². The number of nitrogens with one attached hydrogen (secondary N) is 1. The molecule has 0 spiro atoms. The van der Waals surface area contributed by atoms with Crippen LogP contribution >= 0.6 is 23.1 Å². The van der Waals surface area contributed by atoms with E-state index >= 15 is 0 Å². The maximum Gasteiger partial charge on any atom is 0.238 e. The number of anilines is 1. The van der Waals surface area contributed by atoms with Crippen LogP contribution in [0, 0.1) is 11.3 Å². The number of fused-ring (bicyclic) bond motifs is 1. The third-order valence-corrected chi connectivity index (χ3v) is 7.11. The van der Waals surface area contributed by atoms with Crippen LogP contribution in [0.1, 0.15) is 18.1 Å². The molecule has 170 valence electrons. The van der Waals surface area contributed by atoms with E-state index in [0.717, 1.165) is 16.9 Å². The molecule has 1 aliphatic heterocycles. The number of hydrogen-bond acceptors (Lipinski definition) is 8. The molecule has 0 saturated carbocycles. The standard InChI is InChI=1S/C24H19N5O3S2/c1-15(22(30)26-23-18(12-25)9-10-33-23)34-24-28-27-21(17-5-3-2-4-6-17)29(24)13-16-7-8-19-20(11-16)32-14-31-19/h2-11,15H,13-14H2,1H3,(H,26,30)/t15-/m1/s1. The molecule has 8 nitrogen and oxygen atoms in total. The summed E-state index contributed by atoms with van der Waals surface area (Å²) in [7, 11) is 0. The summed E-state index contributed by atoms with van der Waals surface area (Å²) in [6.45, 7) is 2.52. The quantitative estimate of drug-likeness (QED) is 0.373. The second-order valence-electron chi connectivity index (χ2n) is 7.47. The Hall–Kier alpha value is -3.81. The Morgan fingerprint density at radius 2 is 2.03 bits per heavy atom. The highest BCUT2D eigenvalue weighted by Gasteiger charge is 2.23. The number of thiophene rings is 1. The lowest BCUT2D eigenvalue weighted by Gasteiger charge is -2.14. The van der Waals surface area contributed by atoms with Gasteiger partial charge in [0.1, 0.15) is 11.1 Å². The molecule has 2 aromatic carbocycles. The average molecular weight is 490 g/mol. The fourth-order valence-corrected chi connectivity index (χ4v) is 5.05. The zero-order chi connectivity index (χ0) is 23.5. The van der Waals surface area contributed by atoms with Gasteiger partial charge in [0.15, 0.2) is 22.5 Å². The van der Waals surface area contributed by atoms with Gasteiger partial charge in [0.05, 0.1) is 17.4 Å². The van der Waals surface area contributed by atoms with Gasteiger partial charge in [-0.15, -0.1) is 21.5 Å². The van der Waals surface area contributed by atoms with Gasteiger partial charge in [0.2, 0.25) is 12.7 Å². The highest BCUT2D eigenvalue weighted by molar-refractivity contribution is 8.00. The summed E-state index contributed by atoms with van der Waals surface area (Å²) in [5, 5.41) is 23.4. The molecule has 1 atom stereocenters. The molecule has 0 radical (unpaired) electrons. The summed E-state index contributed by atoms with van der Waals surface area (Å²) in [6.07, 6.45) is 0. The van der Waals surface area contributed by atoms with Gasteiger partial charge in [-0.2, -0.15) is 5.26 Å².